The number of carbonyl (C=O) groups excluding carboxylic acids is 1. The van der Waals surface area contributed by atoms with Crippen LogP contribution in [0.25, 0.3) is 6.08 Å². The minimum absolute atomic E-state index is 0.0957. The average Bonchev–Trinajstić information content (AvgIpc) is 2.65. The van der Waals surface area contributed by atoms with Gasteiger partial charge in [0.2, 0.25) is 10.0 Å². The molecule has 150 valence electrons. The molecule has 1 aliphatic heterocycles. The summed E-state index contributed by atoms with van der Waals surface area (Å²) in [6, 6.07) is 5.52. The lowest BCUT2D eigenvalue weighted by Crippen LogP contribution is -2.41. The zero-order valence-corrected chi connectivity index (χ0v) is 16.9. The van der Waals surface area contributed by atoms with Gasteiger partial charge in [-0.3, -0.25) is 4.79 Å². The van der Waals surface area contributed by atoms with Crippen molar-refractivity contribution in [3.05, 3.63) is 29.8 Å². The summed E-state index contributed by atoms with van der Waals surface area (Å²) in [7, 11) is -1.56. The molecule has 8 heteroatoms. The second-order valence-corrected chi connectivity index (χ2v) is 8.59. The van der Waals surface area contributed by atoms with E-state index >= 15 is 0 Å². The van der Waals surface area contributed by atoms with Gasteiger partial charge < -0.3 is 14.8 Å². The second-order valence-electron chi connectivity index (χ2n) is 6.61. The molecule has 7 nitrogen and oxygen atoms in total. The third kappa shape index (κ3) is 6.55. The number of nitrogens with zero attached hydrogens (tertiary/aromatic N) is 1. The van der Waals surface area contributed by atoms with Gasteiger partial charge in [-0.15, -0.1) is 0 Å². The number of carbonyl (C=O) groups is 1. The Morgan fingerprint density at radius 1 is 1.30 bits per heavy atom. The van der Waals surface area contributed by atoms with Gasteiger partial charge in [0.05, 0.1) is 13.4 Å². The molecular weight excluding hydrogens is 368 g/mol. The van der Waals surface area contributed by atoms with Gasteiger partial charge >= 0.3 is 0 Å². The molecule has 1 aromatic rings. The molecule has 1 heterocycles. The Morgan fingerprint density at radius 2 is 2.00 bits per heavy atom. The molecule has 0 radical (unpaired) electrons. The molecule has 0 unspecified atom stereocenters. The fourth-order valence-electron chi connectivity index (χ4n) is 3.00. The molecule has 1 N–H and O–H groups in total. The molecule has 1 aromatic carbocycles. The standard InChI is InChI=1S/C19H28N2O5S/c1-4-5-15-6-7-17(18(12-15)25-2)26-14-19(22)20-13-16-8-10-21(11-9-16)27(3,23)24/h4-7,12,16H,8-11,13-14H2,1-3H3,(H,20,22)/b5-4+. The largest absolute Gasteiger partial charge is 0.493 e. The lowest BCUT2D eigenvalue weighted by molar-refractivity contribution is -0.123. The Hall–Kier alpha value is -2.06. The molecule has 0 aromatic heterocycles. The summed E-state index contributed by atoms with van der Waals surface area (Å²) in [5.74, 6) is 1.16. The monoisotopic (exact) mass is 396 g/mol. The van der Waals surface area contributed by atoms with Crippen LogP contribution in [-0.2, 0) is 14.8 Å². The number of amides is 1. The topological polar surface area (TPSA) is 84.9 Å². The highest BCUT2D eigenvalue weighted by molar-refractivity contribution is 7.88. The van der Waals surface area contributed by atoms with Gasteiger partial charge in [0.25, 0.3) is 5.91 Å². The van der Waals surface area contributed by atoms with Gasteiger partial charge in [-0.05, 0) is 43.4 Å². The number of nitrogens with one attached hydrogen (secondary N) is 1. The number of allylic oxidation sites excluding steroid dienone is 1. The fraction of sp³-hybridized carbons (Fsp3) is 0.526. The number of piperidine rings is 1. The van der Waals surface area contributed by atoms with Crippen LogP contribution in [0.2, 0.25) is 0 Å². The summed E-state index contributed by atoms with van der Waals surface area (Å²) in [6.07, 6.45) is 6.60. The van der Waals surface area contributed by atoms with Crippen molar-refractivity contribution >= 4 is 22.0 Å². The Labute approximate surface area is 161 Å². The molecule has 1 aliphatic rings. The zero-order valence-electron chi connectivity index (χ0n) is 16.1. The summed E-state index contributed by atoms with van der Waals surface area (Å²) in [5.41, 5.74) is 0.992. The van der Waals surface area contributed by atoms with Crippen molar-refractivity contribution in [2.75, 3.05) is 39.6 Å². The van der Waals surface area contributed by atoms with E-state index in [-0.39, 0.29) is 18.4 Å². The summed E-state index contributed by atoms with van der Waals surface area (Å²) in [4.78, 5) is 12.1. The number of rotatable bonds is 8. The Kier molecular flexibility index (Phi) is 7.67. The van der Waals surface area contributed by atoms with Crippen LogP contribution >= 0.6 is 0 Å². The van der Waals surface area contributed by atoms with E-state index in [4.69, 9.17) is 9.47 Å². The highest BCUT2D eigenvalue weighted by Crippen LogP contribution is 2.28. The number of benzene rings is 1. The molecule has 0 saturated carbocycles. The maximum atomic E-state index is 12.1. The smallest absolute Gasteiger partial charge is 0.257 e. The van der Waals surface area contributed by atoms with E-state index < -0.39 is 10.0 Å². The molecule has 0 spiro atoms. The van der Waals surface area contributed by atoms with E-state index in [0.29, 0.717) is 31.1 Å². The van der Waals surface area contributed by atoms with E-state index in [1.807, 2.05) is 31.2 Å². The first-order chi connectivity index (χ1) is 12.8. The van der Waals surface area contributed by atoms with Crippen LogP contribution in [-0.4, -0.2) is 58.2 Å². The van der Waals surface area contributed by atoms with Gasteiger partial charge in [0.15, 0.2) is 18.1 Å². The summed E-state index contributed by atoms with van der Waals surface area (Å²) >= 11 is 0. The Balaban J connectivity index is 1.77. The summed E-state index contributed by atoms with van der Waals surface area (Å²) < 4.78 is 35.4. The fourth-order valence-corrected chi connectivity index (χ4v) is 3.87. The van der Waals surface area contributed by atoms with Gasteiger partial charge in [0, 0.05) is 19.6 Å². The Morgan fingerprint density at radius 3 is 2.59 bits per heavy atom. The van der Waals surface area contributed by atoms with Crippen molar-refractivity contribution in [2.45, 2.75) is 19.8 Å². The summed E-state index contributed by atoms with van der Waals surface area (Å²) in [6.45, 7) is 3.38. The molecule has 0 aliphatic carbocycles. The first-order valence-electron chi connectivity index (χ1n) is 8.99. The van der Waals surface area contributed by atoms with Crippen LogP contribution in [0.1, 0.15) is 25.3 Å². The lowest BCUT2D eigenvalue weighted by Gasteiger charge is -2.30. The van der Waals surface area contributed by atoms with Crippen LogP contribution in [0.4, 0.5) is 0 Å². The van der Waals surface area contributed by atoms with Crippen molar-refractivity contribution in [3.63, 3.8) is 0 Å². The molecular formula is C19H28N2O5S. The van der Waals surface area contributed by atoms with Crippen LogP contribution in [0.5, 0.6) is 11.5 Å². The van der Waals surface area contributed by atoms with Crippen molar-refractivity contribution in [3.8, 4) is 11.5 Å². The van der Waals surface area contributed by atoms with E-state index in [2.05, 4.69) is 5.32 Å². The van der Waals surface area contributed by atoms with Crippen LogP contribution < -0.4 is 14.8 Å². The maximum Gasteiger partial charge on any atom is 0.257 e. The average molecular weight is 397 g/mol. The molecule has 1 fully saturated rings. The molecule has 0 atom stereocenters. The highest BCUT2D eigenvalue weighted by atomic mass is 32.2. The molecule has 1 saturated heterocycles. The first kappa shape index (κ1) is 21.2. The first-order valence-corrected chi connectivity index (χ1v) is 10.8. The quantitative estimate of drug-likeness (QED) is 0.725. The van der Waals surface area contributed by atoms with E-state index in [0.717, 1.165) is 18.4 Å². The van der Waals surface area contributed by atoms with Crippen LogP contribution in [0.3, 0.4) is 0 Å². The lowest BCUT2D eigenvalue weighted by atomic mass is 9.98. The van der Waals surface area contributed by atoms with Gasteiger partial charge in [-0.1, -0.05) is 18.2 Å². The normalized spacial score (nSPS) is 16.4. The van der Waals surface area contributed by atoms with E-state index in [9.17, 15) is 13.2 Å². The van der Waals surface area contributed by atoms with Crippen molar-refractivity contribution < 1.29 is 22.7 Å². The molecule has 1 amide bonds. The SMILES string of the molecule is C/C=C/c1ccc(OCC(=O)NCC2CCN(S(C)(=O)=O)CC2)c(OC)c1. The van der Waals surface area contributed by atoms with Gasteiger partial charge in [-0.2, -0.15) is 0 Å². The highest BCUT2D eigenvalue weighted by Gasteiger charge is 2.25. The molecule has 27 heavy (non-hydrogen) atoms. The number of ether oxygens (including phenoxy) is 2. The minimum Gasteiger partial charge on any atom is -0.493 e. The zero-order chi connectivity index (χ0) is 19.9. The van der Waals surface area contributed by atoms with Crippen LogP contribution in [0.15, 0.2) is 24.3 Å². The number of hydrogen-bond acceptors (Lipinski definition) is 5. The third-order valence-electron chi connectivity index (χ3n) is 4.54. The molecule has 2 rings (SSSR count). The number of sulfonamides is 1. The van der Waals surface area contributed by atoms with Crippen molar-refractivity contribution in [2.24, 2.45) is 5.92 Å². The number of methoxy groups -OCH3 is 1. The van der Waals surface area contributed by atoms with Crippen LogP contribution in [0, 0.1) is 5.92 Å². The van der Waals surface area contributed by atoms with Gasteiger partial charge in [-0.25, -0.2) is 12.7 Å². The van der Waals surface area contributed by atoms with Crippen molar-refractivity contribution in [1.82, 2.24) is 9.62 Å². The minimum atomic E-state index is -3.12. The molecule has 0 bridgehead atoms. The number of hydrogen-bond donors (Lipinski definition) is 1. The van der Waals surface area contributed by atoms with E-state index in [1.54, 1.807) is 13.2 Å². The third-order valence-corrected chi connectivity index (χ3v) is 5.84. The predicted molar refractivity (Wildman–Crippen MR) is 105 cm³/mol. The van der Waals surface area contributed by atoms with E-state index in [1.165, 1.54) is 10.6 Å². The summed E-state index contributed by atoms with van der Waals surface area (Å²) in [5, 5.41) is 2.86. The predicted octanol–water partition coefficient (Wildman–Crippen LogP) is 1.89. The van der Waals surface area contributed by atoms with Crippen molar-refractivity contribution in [1.29, 1.82) is 0 Å². The Bertz CT molecular complexity index is 768. The van der Waals surface area contributed by atoms with Gasteiger partial charge in [0.1, 0.15) is 0 Å². The second kappa shape index (κ2) is 9.75. The maximum absolute atomic E-state index is 12.1.